The average Bonchev–Trinajstić information content (AvgIpc) is 3.02. The average molecular weight is 344 g/mol. The number of para-hydroxylation sites is 1. The highest BCUT2D eigenvalue weighted by atomic mass is 32.2. The van der Waals surface area contributed by atoms with Crippen LogP contribution < -0.4 is 5.32 Å². The van der Waals surface area contributed by atoms with Crippen LogP contribution in [-0.4, -0.2) is 40.1 Å². The molecule has 0 spiro atoms. The summed E-state index contributed by atoms with van der Waals surface area (Å²) in [4.78, 5) is 15.7. The van der Waals surface area contributed by atoms with Crippen LogP contribution >= 0.6 is 11.8 Å². The molecule has 2 heterocycles. The highest BCUT2D eigenvalue weighted by Gasteiger charge is 2.25. The number of aromatic nitrogens is 2. The molecule has 0 unspecified atom stereocenters. The fourth-order valence-electron chi connectivity index (χ4n) is 3.32. The first-order chi connectivity index (χ1) is 11.6. The van der Waals surface area contributed by atoms with Crippen molar-refractivity contribution in [3.05, 3.63) is 41.7 Å². The van der Waals surface area contributed by atoms with Crippen LogP contribution in [0.2, 0.25) is 0 Å². The Morgan fingerprint density at radius 2 is 2.04 bits per heavy atom. The summed E-state index contributed by atoms with van der Waals surface area (Å²) in [6.07, 6.45) is 5.84. The van der Waals surface area contributed by atoms with Crippen LogP contribution in [-0.2, 0) is 7.05 Å². The van der Waals surface area contributed by atoms with Crippen LogP contribution in [0.25, 0.3) is 0 Å². The molecule has 2 aromatic rings. The second kappa shape index (κ2) is 7.30. The van der Waals surface area contributed by atoms with Crippen molar-refractivity contribution in [2.24, 2.45) is 7.05 Å². The number of thioether (sulfide) groups is 1. The maximum absolute atomic E-state index is 12.6. The normalized spacial score (nSPS) is 15.5. The molecule has 1 aromatic carbocycles. The summed E-state index contributed by atoms with van der Waals surface area (Å²) in [6, 6.07) is 8.18. The van der Waals surface area contributed by atoms with Crippen molar-refractivity contribution in [3.8, 4) is 0 Å². The maximum Gasteiger partial charge on any atom is 0.321 e. The van der Waals surface area contributed by atoms with Crippen molar-refractivity contribution >= 4 is 23.5 Å². The maximum atomic E-state index is 12.6. The molecule has 1 aliphatic heterocycles. The molecule has 1 fully saturated rings. The predicted molar refractivity (Wildman–Crippen MR) is 98.7 cm³/mol. The molecule has 0 bridgehead atoms. The van der Waals surface area contributed by atoms with Crippen LogP contribution in [0, 0.1) is 6.92 Å². The fourth-order valence-corrected chi connectivity index (χ4v) is 3.95. The van der Waals surface area contributed by atoms with Gasteiger partial charge in [0.05, 0.1) is 5.69 Å². The number of carbonyl (C=O) groups excluding carboxylic acids is 1. The van der Waals surface area contributed by atoms with Gasteiger partial charge in [-0.2, -0.15) is 5.10 Å². The van der Waals surface area contributed by atoms with E-state index < -0.39 is 0 Å². The number of benzene rings is 1. The quantitative estimate of drug-likeness (QED) is 0.860. The van der Waals surface area contributed by atoms with E-state index >= 15 is 0 Å². The monoisotopic (exact) mass is 344 g/mol. The zero-order chi connectivity index (χ0) is 17.1. The van der Waals surface area contributed by atoms with Gasteiger partial charge in [0.1, 0.15) is 0 Å². The molecule has 0 saturated carbocycles. The molecule has 3 rings (SSSR count). The number of anilines is 1. The summed E-state index contributed by atoms with van der Waals surface area (Å²) in [5.74, 6) is 0.488. The Labute approximate surface area is 147 Å². The van der Waals surface area contributed by atoms with Gasteiger partial charge >= 0.3 is 6.03 Å². The van der Waals surface area contributed by atoms with E-state index in [1.807, 2.05) is 54.2 Å². The molecule has 0 aliphatic carbocycles. The molecule has 1 aliphatic rings. The Morgan fingerprint density at radius 1 is 1.29 bits per heavy atom. The SMILES string of the molecule is CSc1cccc(C)c1NC(=O)N1CCC(c2ccnn2C)CC1. The zero-order valence-corrected chi connectivity index (χ0v) is 15.3. The lowest BCUT2D eigenvalue weighted by molar-refractivity contribution is 0.193. The van der Waals surface area contributed by atoms with Gasteiger partial charge in [0.15, 0.2) is 0 Å². The summed E-state index contributed by atoms with van der Waals surface area (Å²) in [5, 5.41) is 7.36. The summed E-state index contributed by atoms with van der Waals surface area (Å²) < 4.78 is 1.94. The molecule has 24 heavy (non-hydrogen) atoms. The number of rotatable bonds is 3. The Hall–Kier alpha value is -1.95. The number of amides is 2. The van der Waals surface area contributed by atoms with Gasteiger partial charge in [-0.3, -0.25) is 4.68 Å². The van der Waals surface area contributed by atoms with Gasteiger partial charge < -0.3 is 10.2 Å². The number of urea groups is 1. The third-order valence-corrected chi connectivity index (χ3v) is 5.53. The zero-order valence-electron chi connectivity index (χ0n) is 14.5. The molecule has 6 heteroatoms. The molecule has 5 nitrogen and oxygen atoms in total. The van der Waals surface area contributed by atoms with E-state index in [0.717, 1.165) is 42.1 Å². The first kappa shape index (κ1) is 16.9. The lowest BCUT2D eigenvalue weighted by atomic mass is 9.93. The number of hydrogen-bond donors (Lipinski definition) is 1. The molecule has 0 radical (unpaired) electrons. The van der Waals surface area contributed by atoms with Crippen molar-refractivity contribution in [2.75, 3.05) is 24.7 Å². The molecule has 1 saturated heterocycles. The smallest absolute Gasteiger partial charge is 0.321 e. The largest absolute Gasteiger partial charge is 0.324 e. The van der Waals surface area contributed by atoms with Gasteiger partial charge in [-0.15, -0.1) is 11.8 Å². The van der Waals surface area contributed by atoms with E-state index in [0.29, 0.717) is 5.92 Å². The molecule has 0 atom stereocenters. The fraction of sp³-hybridized carbons (Fsp3) is 0.444. The van der Waals surface area contributed by atoms with Gasteiger partial charge in [-0.05, 0) is 43.7 Å². The van der Waals surface area contributed by atoms with Crippen LogP contribution in [0.1, 0.15) is 30.0 Å². The van der Waals surface area contributed by atoms with Crippen LogP contribution in [0.5, 0.6) is 0 Å². The Balaban J connectivity index is 1.63. The number of likely N-dealkylation sites (tertiary alicyclic amines) is 1. The second-order valence-electron chi connectivity index (χ2n) is 6.22. The predicted octanol–water partition coefficient (Wildman–Crippen LogP) is 3.86. The minimum atomic E-state index is 0.00283. The minimum Gasteiger partial charge on any atom is -0.324 e. The highest BCUT2D eigenvalue weighted by molar-refractivity contribution is 7.98. The molecular weight excluding hydrogens is 320 g/mol. The summed E-state index contributed by atoms with van der Waals surface area (Å²) >= 11 is 1.66. The molecule has 2 amide bonds. The number of nitrogens with one attached hydrogen (secondary N) is 1. The Bertz CT molecular complexity index is 720. The van der Waals surface area contributed by atoms with Crippen molar-refractivity contribution in [1.29, 1.82) is 0 Å². The van der Waals surface area contributed by atoms with Crippen molar-refractivity contribution in [2.45, 2.75) is 30.6 Å². The minimum absolute atomic E-state index is 0.00283. The molecule has 128 valence electrons. The van der Waals surface area contributed by atoms with E-state index in [9.17, 15) is 4.79 Å². The third kappa shape index (κ3) is 3.43. The van der Waals surface area contributed by atoms with Crippen LogP contribution in [0.4, 0.5) is 10.5 Å². The number of piperidine rings is 1. The van der Waals surface area contributed by atoms with Gasteiger partial charge in [0, 0.05) is 42.8 Å². The van der Waals surface area contributed by atoms with Gasteiger partial charge in [0.25, 0.3) is 0 Å². The molecular formula is C18H24N4OS. The standard InChI is InChI=1S/C18H24N4OS/c1-13-5-4-6-16(24-3)17(13)20-18(23)22-11-8-14(9-12-22)15-7-10-19-21(15)2/h4-7,10,14H,8-9,11-12H2,1-3H3,(H,20,23). The topological polar surface area (TPSA) is 50.2 Å². The van der Waals surface area contributed by atoms with E-state index in [1.165, 1.54) is 5.69 Å². The Kier molecular flexibility index (Phi) is 5.14. The summed E-state index contributed by atoms with van der Waals surface area (Å²) in [7, 11) is 1.98. The Morgan fingerprint density at radius 3 is 2.67 bits per heavy atom. The first-order valence-electron chi connectivity index (χ1n) is 8.27. The van der Waals surface area contributed by atoms with Crippen molar-refractivity contribution < 1.29 is 4.79 Å². The number of aryl methyl sites for hydroxylation is 2. The molecule has 1 aromatic heterocycles. The van der Waals surface area contributed by atoms with Gasteiger partial charge in [-0.25, -0.2) is 4.79 Å². The first-order valence-corrected chi connectivity index (χ1v) is 9.50. The summed E-state index contributed by atoms with van der Waals surface area (Å²) in [6.45, 7) is 3.59. The molecule has 1 N–H and O–H groups in total. The second-order valence-corrected chi connectivity index (χ2v) is 7.07. The van der Waals surface area contributed by atoms with E-state index in [2.05, 4.69) is 16.5 Å². The lowest BCUT2D eigenvalue weighted by Gasteiger charge is -2.32. The number of hydrogen-bond acceptors (Lipinski definition) is 3. The van der Waals surface area contributed by atoms with Gasteiger partial charge in [-0.1, -0.05) is 12.1 Å². The summed E-state index contributed by atoms with van der Waals surface area (Å²) in [5.41, 5.74) is 3.29. The number of carbonyl (C=O) groups is 1. The highest BCUT2D eigenvalue weighted by Crippen LogP contribution is 2.30. The third-order valence-electron chi connectivity index (χ3n) is 4.75. The lowest BCUT2D eigenvalue weighted by Crippen LogP contribution is -2.41. The number of nitrogens with zero attached hydrogens (tertiary/aromatic N) is 3. The van der Waals surface area contributed by atoms with Crippen LogP contribution in [0.15, 0.2) is 35.4 Å². The van der Waals surface area contributed by atoms with E-state index in [-0.39, 0.29) is 6.03 Å². The van der Waals surface area contributed by atoms with E-state index in [4.69, 9.17) is 0 Å². The van der Waals surface area contributed by atoms with Gasteiger partial charge in [0.2, 0.25) is 0 Å². The van der Waals surface area contributed by atoms with Crippen LogP contribution in [0.3, 0.4) is 0 Å². The van der Waals surface area contributed by atoms with Crippen molar-refractivity contribution in [1.82, 2.24) is 14.7 Å². The van der Waals surface area contributed by atoms with E-state index in [1.54, 1.807) is 11.8 Å². The van der Waals surface area contributed by atoms with Crippen molar-refractivity contribution in [3.63, 3.8) is 0 Å².